The van der Waals surface area contributed by atoms with Crippen LogP contribution in [0.3, 0.4) is 0 Å². The van der Waals surface area contributed by atoms with Crippen LogP contribution in [0.2, 0.25) is 5.02 Å². The number of pyridine rings is 1. The zero-order valence-corrected chi connectivity index (χ0v) is 11.8. The maximum atomic E-state index is 12.5. The highest BCUT2D eigenvalue weighted by Gasteiger charge is 2.18. The number of fused-ring (bicyclic) bond motifs is 1. The molecule has 3 rings (SSSR count). The average Bonchev–Trinajstić information content (AvgIpc) is 2.49. The third kappa shape index (κ3) is 2.54. The van der Waals surface area contributed by atoms with Crippen molar-refractivity contribution in [1.29, 1.82) is 0 Å². The number of Topliss-reactive ketones (excluding diaryl/α,β-unsaturated/α-hetero) is 1. The lowest BCUT2D eigenvalue weighted by molar-refractivity contribution is 0.0992. The first kappa shape index (κ1) is 13.1. The van der Waals surface area contributed by atoms with Gasteiger partial charge in [-0.25, -0.2) is 0 Å². The molecule has 0 fully saturated rings. The number of rotatable bonds is 3. The van der Waals surface area contributed by atoms with Crippen molar-refractivity contribution in [3.05, 3.63) is 58.4 Å². The lowest BCUT2D eigenvalue weighted by Crippen LogP contribution is -2.16. The van der Waals surface area contributed by atoms with Crippen LogP contribution in [0, 0.1) is 0 Å². The topological polar surface area (TPSA) is 42.0 Å². The van der Waals surface area contributed by atoms with Crippen LogP contribution in [-0.2, 0) is 12.8 Å². The monoisotopic (exact) mass is 286 g/mol. The van der Waals surface area contributed by atoms with Gasteiger partial charge in [-0.1, -0.05) is 23.7 Å². The third-order valence-electron chi connectivity index (χ3n) is 3.60. The van der Waals surface area contributed by atoms with E-state index in [2.05, 4.69) is 10.3 Å². The Hall–Kier alpha value is -1.87. The van der Waals surface area contributed by atoms with E-state index in [9.17, 15) is 4.79 Å². The van der Waals surface area contributed by atoms with Crippen molar-refractivity contribution in [3.8, 4) is 0 Å². The summed E-state index contributed by atoms with van der Waals surface area (Å²) in [6.07, 6.45) is 5.57. The number of carbonyl (C=O) groups excluding carboxylic acids is 1. The maximum absolute atomic E-state index is 12.5. The van der Waals surface area contributed by atoms with E-state index < -0.39 is 0 Å². The van der Waals surface area contributed by atoms with Gasteiger partial charge in [0.25, 0.3) is 0 Å². The molecule has 2 aromatic rings. The summed E-state index contributed by atoms with van der Waals surface area (Å²) < 4.78 is 0. The van der Waals surface area contributed by atoms with Crippen LogP contribution in [0.1, 0.15) is 27.9 Å². The van der Waals surface area contributed by atoms with Crippen LogP contribution in [0.25, 0.3) is 0 Å². The van der Waals surface area contributed by atoms with Gasteiger partial charge in [-0.15, -0.1) is 0 Å². The summed E-state index contributed by atoms with van der Waals surface area (Å²) in [4.78, 5) is 16.5. The molecule has 1 N–H and O–H groups in total. The second-order valence-corrected chi connectivity index (χ2v) is 5.34. The molecule has 3 nitrogen and oxygen atoms in total. The van der Waals surface area contributed by atoms with E-state index in [0.29, 0.717) is 11.4 Å². The molecule has 1 aromatic carbocycles. The summed E-state index contributed by atoms with van der Waals surface area (Å²) in [6, 6.07) is 7.67. The second-order valence-electron chi connectivity index (χ2n) is 4.93. The summed E-state index contributed by atoms with van der Waals surface area (Å²) in [6.45, 7) is 0.973. The first-order valence-corrected chi connectivity index (χ1v) is 7.11. The van der Waals surface area contributed by atoms with Gasteiger partial charge in [0.2, 0.25) is 0 Å². The fraction of sp³-hybridized carbons (Fsp3) is 0.250. The number of ketones is 1. The molecule has 2 heterocycles. The molecule has 1 aliphatic rings. The van der Waals surface area contributed by atoms with E-state index in [1.807, 2.05) is 18.2 Å². The van der Waals surface area contributed by atoms with Crippen molar-refractivity contribution >= 4 is 23.1 Å². The molecule has 4 heteroatoms. The first-order chi connectivity index (χ1) is 9.75. The number of benzene rings is 1. The molecule has 0 spiro atoms. The SMILES string of the molecule is O=C(Cc1ccncc1Cl)c1cccc2c1CCCN2. The molecule has 102 valence electrons. The van der Waals surface area contributed by atoms with Crippen molar-refractivity contribution < 1.29 is 4.79 Å². The number of anilines is 1. The minimum absolute atomic E-state index is 0.110. The Bertz CT molecular complexity index is 655. The molecule has 0 radical (unpaired) electrons. The van der Waals surface area contributed by atoms with Crippen LogP contribution in [0.5, 0.6) is 0 Å². The van der Waals surface area contributed by atoms with Crippen molar-refractivity contribution in [3.63, 3.8) is 0 Å². The maximum Gasteiger partial charge on any atom is 0.167 e. The molecular weight excluding hydrogens is 272 g/mol. The fourth-order valence-corrected chi connectivity index (χ4v) is 2.77. The number of nitrogens with one attached hydrogen (secondary N) is 1. The number of hydrogen-bond donors (Lipinski definition) is 1. The van der Waals surface area contributed by atoms with E-state index >= 15 is 0 Å². The average molecular weight is 287 g/mol. The first-order valence-electron chi connectivity index (χ1n) is 6.73. The zero-order valence-electron chi connectivity index (χ0n) is 11.0. The summed E-state index contributed by atoms with van der Waals surface area (Å²) >= 11 is 6.07. The largest absolute Gasteiger partial charge is 0.385 e. The minimum Gasteiger partial charge on any atom is -0.385 e. The molecule has 0 atom stereocenters. The van der Waals surface area contributed by atoms with Gasteiger partial charge in [0.05, 0.1) is 5.02 Å². The molecule has 0 bridgehead atoms. The minimum atomic E-state index is 0.110. The van der Waals surface area contributed by atoms with Crippen LogP contribution in [-0.4, -0.2) is 17.3 Å². The van der Waals surface area contributed by atoms with E-state index in [1.54, 1.807) is 18.5 Å². The van der Waals surface area contributed by atoms with E-state index in [4.69, 9.17) is 11.6 Å². The third-order valence-corrected chi connectivity index (χ3v) is 3.94. The van der Waals surface area contributed by atoms with Gasteiger partial charge in [0, 0.05) is 36.6 Å². The Kier molecular flexibility index (Phi) is 3.70. The van der Waals surface area contributed by atoms with Gasteiger partial charge in [-0.2, -0.15) is 0 Å². The number of hydrogen-bond acceptors (Lipinski definition) is 3. The molecule has 0 unspecified atom stereocenters. The standard InChI is InChI=1S/C16H15ClN2O/c17-14-10-18-8-6-11(14)9-16(20)13-3-1-5-15-12(13)4-2-7-19-15/h1,3,5-6,8,10,19H,2,4,7,9H2. The molecule has 1 aromatic heterocycles. The van der Waals surface area contributed by atoms with Crippen molar-refractivity contribution in [2.75, 3.05) is 11.9 Å². The number of carbonyl (C=O) groups is 1. The van der Waals surface area contributed by atoms with Crippen LogP contribution >= 0.6 is 11.6 Å². The smallest absolute Gasteiger partial charge is 0.167 e. The summed E-state index contributed by atoms with van der Waals surface area (Å²) in [5.74, 6) is 0.110. The highest BCUT2D eigenvalue weighted by molar-refractivity contribution is 6.31. The second kappa shape index (κ2) is 5.63. The molecule has 1 aliphatic heterocycles. The summed E-state index contributed by atoms with van der Waals surface area (Å²) in [7, 11) is 0. The van der Waals surface area contributed by atoms with Gasteiger partial charge in [0.1, 0.15) is 0 Å². The molecule has 20 heavy (non-hydrogen) atoms. The van der Waals surface area contributed by atoms with Gasteiger partial charge in [0.15, 0.2) is 5.78 Å². The lowest BCUT2D eigenvalue weighted by atomic mass is 9.93. The number of halogens is 1. The van der Waals surface area contributed by atoms with Crippen molar-refractivity contribution in [1.82, 2.24) is 4.98 Å². The van der Waals surface area contributed by atoms with Crippen molar-refractivity contribution in [2.24, 2.45) is 0 Å². The number of nitrogens with zero attached hydrogens (tertiary/aromatic N) is 1. The Labute approximate surface area is 123 Å². The Morgan fingerprint density at radius 2 is 2.25 bits per heavy atom. The highest BCUT2D eigenvalue weighted by atomic mass is 35.5. The predicted octanol–water partition coefficient (Wildman–Crippen LogP) is 3.52. The fourth-order valence-electron chi connectivity index (χ4n) is 2.59. The summed E-state index contributed by atoms with van der Waals surface area (Å²) in [5, 5.41) is 3.89. The summed E-state index contributed by atoms with van der Waals surface area (Å²) in [5.41, 5.74) is 3.85. The zero-order chi connectivity index (χ0) is 13.9. The Balaban J connectivity index is 1.90. The Morgan fingerprint density at radius 3 is 3.10 bits per heavy atom. The Morgan fingerprint density at radius 1 is 1.35 bits per heavy atom. The quantitative estimate of drug-likeness (QED) is 0.878. The van der Waals surface area contributed by atoms with Crippen LogP contribution in [0.15, 0.2) is 36.7 Å². The van der Waals surface area contributed by atoms with E-state index in [0.717, 1.165) is 41.8 Å². The lowest BCUT2D eigenvalue weighted by Gasteiger charge is -2.20. The molecule has 0 aliphatic carbocycles. The van der Waals surface area contributed by atoms with Gasteiger partial charge in [-0.05, 0) is 36.1 Å². The number of aromatic nitrogens is 1. The molecule has 0 amide bonds. The molecule has 0 saturated heterocycles. The predicted molar refractivity (Wildman–Crippen MR) is 80.5 cm³/mol. The van der Waals surface area contributed by atoms with Gasteiger partial charge >= 0.3 is 0 Å². The van der Waals surface area contributed by atoms with Crippen LogP contribution < -0.4 is 5.32 Å². The van der Waals surface area contributed by atoms with Gasteiger partial charge in [-0.3, -0.25) is 9.78 Å². The van der Waals surface area contributed by atoms with E-state index in [-0.39, 0.29) is 5.78 Å². The van der Waals surface area contributed by atoms with Crippen LogP contribution in [0.4, 0.5) is 5.69 Å². The van der Waals surface area contributed by atoms with E-state index in [1.165, 1.54) is 0 Å². The normalized spacial score (nSPS) is 13.4. The van der Waals surface area contributed by atoms with Gasteiger partial charge < -0.3 is 5.32 Å². The molecular formula is C16H15ClN2O. The van der Waals surface area contributed by atoms with Crippen molar-refractivity contribution in [2.45, 2.75) is 19.3 Å². The molecule has 0 saturated carbocycles. The highest BCUT2D eigenvalue weighted by Crippen LogP contribution is 2.27.